The Kier molecular flexibility index (Phi) is 8.98. The van der Waals surface area contributed by atoms with Gasteiger partial charge in [-0.3, -0.25) is 14.5 Å². The van der Waals surface area contributed by atoms with Crippen LogP contribution in [0.2, 0.25) is 0 Å². The van der Waals surface area contributed by atoms with Crippen molar-refractivity contribution in [2.24, 2.45) is 5.92 Å². The van der Waals surface area contributed by atoms with Crippen LogP contribution < -0.4 is 14.9 Å². The van der Waals surface area contributed by atoms with Crippen LogP contribution in [-0.4, -0.2) is 84.4 Å². The summed E-state index contributed by atoms with van der Waals surface area (Å²) >= 11 is 1.34. The molecule has 1 atom stereocenters. The average Bonchev–Trinajstić information content (AvgIpc) is 3.77. The molecule has 2 fully saturated rings. The van der Waals surface area contributed by atoms with Gasteiger partial charge in [0.05, 0.1) is 21.0 Å². The molecule has 48 heavy (non-hydrogen) atoms. The first-order chi connectivity index (χ1) is 22.6. The highest BCUT2D eigenvalue weighted by Gasteiger charge is 2.41. The van der Waals surface area contributed by atoms with Crippen molar-refractivity contribution in [3.63, 3.8) is 0 Å². The molecule has 1 aromatic carbocycles. The second-order valence-corrected chi connectivity index (χ2v) is 16.3. The number of hydrogen-bond donors (Lipinski definition) is 2. The van der Waals surface area contributed by atoms with E-state index in [4.69, 9.17) is 9.72 Å². The van der Waals surface area contributed by atoms with Crippen LogP contribution in [0.4, 0.5) is 21.6 Å². The van der Waals surface area contributed by atoms with E-state index >= 15 is 0 Å². The Bertz CT molecular complexity index is 1880. The van der Waals surface area contributed by atoms with Crippen molar-refractivity contribution in [3.8, 4) is 10.4 Å². The van der Waals surface area contributed by atoms with Crippen molar-refractivity contribution in [2.45, 2.75) is 77.0 Å². The third-order valence-corrected chi connectivity index (χ3v) is 11.4. The number of aryl methyl sites for hydroxylation is 1. The van der Waals surface area contributed by atoms with Gasteiger partial charge >= 0.3 is 6.09 Å². The highest BCUT2D eigenvalue weighted by molar-refractivity contribution is 7.89. The molecular formula is C33H41N7O6S2. The number of rotatable bonds is 8. The zero-order valence-electron chi connectivity index (χ0n) is 28.0. The first kappa shape index (κ1) is 33.8. The molecule has 256 valence electrons. The van der Waals surface area contributed by atoms with Gasteiger partial charge in [-0.05, 0) is 95.8 Å². The van der Waals surface area contributed by atoms with Gasteiger partial charge in [0, 0.05) is 38.6 Å². The van der Waals surface area contributed by atoms with Crippen molar-refractivity contribution in [2.75, 3.05) is 36.9 Å². The second kappa shape index (κ2) is 12.7. The lowest BCUT2D eigenvalue weighted by atomic mass is 10.0. The normalized spacial score (nSPS) is 17.8. The summed E-state index contributed by atoms with van der Waals surface area (Å²) in [7, 11) is -2.59. The van der Waals surface area contributed by atoms with Gasteiger partial charge in [0.2, 0.25) is 15.9 Å². The molecule has 0 radical (unpaired) electrons. The molecular weight excluding hydrogens is 655 g/mol. The maximum Gasteiger partial charge on any atom is 0.410 e. The molecule has 1 saturated heterocycles. The number of fused-ring (bicyclic) bond motifs is 1. The van der Waals surface area contributed by atoms with Crippen LogP contribution in [-0.2, 0) is 26.1 Å². The number of aromatic nitrogens is 2. The van der Waals surface area contributed by atoms with Crippen molar-refractivity contribution in [3.05, 3.63) is 47.2 Å². The summed E-state index contributed by atoms with van der Waals surface area (Å²) in [5, 5.41) is 3.77. The molecule has 0 spiro atoms. The number of sulfonamides is 1. The Morgan fingerprint density at radius 1 is 1.10 bits per heavy atom. The van der Waals surface area contributed by atoms with Gasteiger partial charge in [-0.2, -0.15) is 0 Å². The van der Waals surface area contributed by atoms with Crippen molar-refractivity contribution < 1.29 is 27.5 Å². The number of carbonyl (C=O) groups excluding carboxylic acids is 3. The lowest BCUT2D eigenvalue weighted by molar-refractivity contribution is -0.118. The molecule has 3 aliphatic rings. The number of nitrogens with one attached hydrogen (secondary N) is 2. The molecule has 6 rings (SSSR count). The Balaban J connectivity index is 1.24. The predicted octanol–water partition coefficient (Wildman–Crippen LogP) is 4.89. The molecule has 15 heteroatoms. The van der Waals surface area contributed by atoms with Gasteiger partial charge in [0.25, 0.3) is 5.91 Å². The lowest BCUT2D eigenvalue weighted by Gasteiger charge is -2.26. The Morgan fingerprint density at radius 3 is 2.54 bits per heavy atom. The Hall–Kier alpha value is -4.08. The fourth-order valence-corrected chi connectivity index (χ4v) is 8.05. The van der Waals surface area contributed by atoms with Gasteiger partial charge in [-0.25, -0.2) is 27.9 Å². The highest BCUT2D eigenvalue weighted by Crippen LogP contribution is 2.42. The molecule has 2 aliphatic heterocycles. The molecule has 0 unspecified atom stereocenters. The number of anilines is 3. The zero-order chi connectivity index (χ0) is 34.5. The summed E-state index contributed by atoms with van der Waals surface area (Å²) in [6, 6.07) is 8.79. The molecule has 3 aromatic rings. The SMILES string of the molecule is CNS(=O)(=O)c1cc(-c2sc(Nc3cccc(N4CCN(C(=O)OC(C)(C)C)CCC4=O)n3)nc2C)cc2c1C(=O)N([C@@H](C)C1CC1)C2. The van der Waals surface area contributed by atoms with Gasteiger partial charge in [-0.15, -0.1) is 0 Å². The van der Waals surface area contributed by atoms with Gasteiger partial charge in [0.15, 0.2) is 5.13 Å². The van der Waals surface area contributed by atoms with E-state index in [2.05, 4.69) is 15.0 Å². The number of thiazole rings is 1. The number of ether oxygens (including phenoxy) is 1. The van der Waals surface area contributed by atoms with Crippen LogP contribution in [0.3, 0.4) is 0 Å². The highest BCUT2D eigenvalue weighted by atomic mass is 32.2. The van der Waals surface area contributed by atoms with Gasteiger partial charge < -0.3 is 19.9 Å². The quantitative estimate of drug-likeness (QED) is 0.335. The molecule has 3 amide bonds. The van der Waals surface area contributed by atoms with Gasteiger partial charge in [0.1, 0.15) is 17.2 Å². The van der Waals surface area contributed by atoms with E-state index in [-0.39, 0.29) is 47.8 Å². The number of hydrogen-bond acceptors (Lipinski definition) is 10. The summed E-state index contributed by atoms with van der Waals surface area (Å²) < 4.78 is 34.3. The monoisotopic (exact) mass is 695 g/mol. The molecule has 0 bridgehead atoms. The summed E-state index contributed by atoms with van der Waals surface area (Å²) in [5.41, 5.74) is 1.63. The first-order valence-corrected chi connectivity index (χ1v) is 18.4. The van der Waals surface area contributed by atoms with Crippen LogP contribution in [0.5, 0.6) is 0 Å². The molecule has 1 aliphatic carbocycles. The van der Waals surface area contributed by atoms with Crippen LogP contribution in [0.1, 0.15) is 68.6 Å². The van der Waals surface area contributed by atoms with E-state index < -0.39 is 21.7 Å². The predicted molar refractivity (Wildman–Crippen MR) is 183 cm³/mol. The Labute approximate surface area is 284 Å². The molecule has 1 saturated carbocycles. The number of benzene rings is 1. The average molecular weight is 696 g/mol. The standard InChI is InChI=1S/C33H41N7O6S2/c1-19-29(22-16-23-18-40(20(2)21-10-11-21)30(42)28(23)24(17-22)48(44,45)34-6)47-31(35-19)37-25-8-7-9-26(36-25)39-15-14-38(13-12-27(39)41)32(43)46-33(3,4)5/h7-9,16-17,20-21,34H,10-15,18H2,1-6H3,(H,35,36,37)/t20-/m0/s1. The fraction of sp³-hybridized carbons (Fsp3) is 0.485. The van der Waals surface area contributed by atoms with Crippen LogP contribution in [0, 0.1) is 12.8 Å². The van der Waals surface area contributed by atoms with E-state index in [1.165, 1.54) is 18.4 Å². The number of nitrogens with zero attached hydrogens (tertiary/aromatic N) is 5. The van der Waals surface area contributed by atoms with Crippen LogP contribution in [0.25, 0.3) is 10.4 Å². The van der Waals surface area contributed by atoms with E-state index in [1.54, 1.807) is 59.7 Å². The molecule has 2 aromatic heterocycles. The number of carbonyl (C=O) groups is 3. The summed E-state index contributed by atoms with van der Waals surface area (Å²) in [5.74, 6) is 0.961. The fourth-order valence-electron chi connectivity index (χ4n) is 6.10. The van der Waals surface area contributed by atoms with Crippen molar-refractivity contribution in [1.29, 1.82) is 0 Å². The minimum Gasteiger partial charge on any atom is -0.444 e. The van der Waals surface area contributed by atoms with E-state index in [0.29, 0.717) is 52.6 Å². The minimum absolute atomic E-state index is 0.0305. The minimum atomic E-state index is -3.93. The smallest absolute Gasteiger partial charge is 0.410 e. The zero-order valence-corrected chi connectivity index (χ0v) is 29.6. The number of pyridine rings is 1. The maximum atomic E-state index is 13.5. The van der Waals surface area contributed by atoms with E-state index in [1.807, 2.05) is 19.9 Å². The third-order valence-electron chi connectivity index (χ3n) is 8.80. The summed E-state index contributed by atoms with van der Waals surface area (Å²) in [6.07, 6.45) is 1.83. The van der Waals surface area contributed by atoms with E-state index in [0.717, 1.165) is 17.7 Å². The van der Waals surface area contributed by atoms with Crippen LogP contribution >= 0.6 is 11.3 Å². The molecule has 13 nitrogen and oxygen atoms in total. The summed E-state index contributed by atoms with van der Waals surface area (Å²) in [4.78, 5) is 54.2. The summed E-state index contributed by atoms with van der Waals surface area (Å²) in [6.45, 7) is 10.5. The Morgan fingerprint density at radius 2 is 1.85 bits per heavy atom. The van der Waals surface area contributed by atoms with Crippen LogP contribution in [0.15, 0.2) is 35.2 Å². The molecule has 4 heterocycles. The van der Waals surface area contributed by atoms with Gasteiger partial charge in [-0.1, -0.05) is 17.4 Å². The first-order valence-electron chi connectivity index (χ1n) is 16.1. The number of amides is 3. The third kappa shape index (κ3) is 6.89. The topological polar surface area (TPSA) is 154 Å². The van der Waals surface area contributed by atoms with E-state index in [9.17, 15) is 22.8 Å². The largest absolute Gasteiger partial charge is 0.444 e. The maximum absolute atomic E-state index is 13.5. The second-order valence-electron chi connectivity index (χ2n) is 13.4. The van der Waals surface area contributed by atoms with Crippen molar-refractivity contribution >= 4 is 56.0 Å². The lowest BCUT2D eigenvalue weighted by Crippen LogP contribution is -2.39. The van der Waals surface area contributed by atoms with Crippen molar-refractivity contribution in [1.82, 2.24) is 24.5 Å². The molecule has 2 N–H and O–H groups in total.